The number of hydrogen-bond donors (Lipinski definition) is 2. The van der Waals surface area contributed by atoms with Crippen molar-refractivity contribution in [3.8, 4) is 0 Å². The normalized spacial score (nSPS) is 14.3. The number of hydrogen-bond acceptors (Lipinski definition) is 3. The Bertz CT molecular complexity index is 335. The summed E-state index contributed by atoms with van der Waals surface area (Å²) in [5.41, 5.74) is 0. The van der Waals surface area contributed by atoms with Crippen molar-refractivity contribution in [1.29, 1.82) is 0 Å². The Balaban J connectivity index is 2.31. The molecular formula is C14H23NO3. The highest BCUT2D eigenvalue weighted by molar-refractivity contribution is 5.73. The molecule has 1 rings (SSSR count). The second-order valence-electron chi connectivity index (χ2n) is 4.72. The Hall–Kier alpha value is -1.29. The van der Waals surface area contributed by atoms with E-state index in [2.05, 4.69) is 12.2 Å². The number of unbranched alkanes of at least 4 members (excludes halogenated alkanes) is 1. The van der Waals surface area contributed by atoms with Crippen molar-refractivity contribution in [2.75, 3.05) is 0 Å². The smallest absolute Gasteiger partial charge is 0.320 e. The van der Waals surface area contributed by atoms with Crippen LogP contribution in [0.3, 0.4) is 0 Å². The second-order valence-corrected chi connectivity index (χ2v) is 4.72. The minimum Gasteiger partial charge on any atom is -0.480 e. The SMILES string of the molecule is CCCCC(NC(C)CCc1ccco1)C(=O)O. The van der Waals surface area contributed by atoms with Gasteiger partial charge in [0.25, 0.3) is 0 Å². The van der Waals surface area contributed by atoms with E-state index in [-0.39, 0.29) is 6.04 Å². The van der Waals surface area contributed by atoms with E-state index in [1.807, 2.05) is 19.1 Å². The Morgan fingerprint density at radius 3 is 2.83 bits per heavy atom. The van der Waals surface area contributed by atoms with Crippen molar-refractivity contribution >= 4 is 5.97 Å². The maximum Gasteiger partial charge on any atom is 0.320 e. The molecule has 0 radical (unpaired) electrons. The number of aliphatic carboxylic acids is 1. The van der Waals surface area contributed by atoms with Crippen LogP contribution in [0.1, 0.15) is 45.3 Å². The van der Waals surface area contributed by atoms with Crippen LogP contribution in [0, 0.1) is 0 Å². The van der Waals surface area contributed by atoms with Gasteiger partial charge in [-0.3, -0.25) is 4.79 Å². The first-order valence-corrected chi connectivity index (χ1v) is 6.64. The summed E-state index contributed by atoms with van der Waals surface area (Å²) in [6.45, 7) is 4.09. The molecule has 0 fully saturated rings. The van der Waals surface area contributed by atoms with Gasteiger partial charge in [0.05, 0.1) is 6.26 Å². The molecule has 0 saturated carbocycles. The third-order valence-corrected chi connectivity index (χ3v) is 3.03. The molecule has 102 valence electrons. The average molecular weight is 253 g/mol. The lowest BCUT2D eigenvalue weighted by atomic mass is 10.1. The average Bonchev–Trinajstić information content (AvgIpc) is 2.84. The maximum absolute atomic E-state index is 11.1. The van der Waals surface area contributed by atoms with Gasteiger partial charge in [0.1, 0.15) is 11.8 Å². The van der Waals surface area contributed by atoms with E-state index in [4.69, 9.17) is 9.52 Å². The summed E-state index contributed by atoms with van der Waals surface area (Å²) in [6, 6.07) is 3.55. The molecular weight excluding hydrogens is 230 g/mol. The third-order valence-electron chi connectivity index (χ3n) is 3.03. The Morgan fingerprint density at radius 2 is 2.28 bits per heavy atom. The summed E-state index contributed by atoms with van der Waals surface area (Å²) in [7, 11) is 0. The van der Waals surface area contributed by atoms with E-state index in [0.29, 0.717) is 6.42 Å². The third kappa shape index (κ3) is 5.36. The molecule has 0 spiro atoms. The summed E-state index contributed by atoms with van der Waals surface area (Å²) in [5.74, 6) is 0.192. The summed E-state index contributed by atoms with van der Waals surface area (Å²) < 4.78 is 5.26. The van der Waals surface area contributed by atoms with Gasteiger partial charge in [0, 0.05) is 12.5 Å². The van der Waals surface area contributed by atoms with Gasteiger partial charge in [-0.2, -0.15) is 0 Å². The molecule has 2 unspecified atom stereocenters. The van der Waals surface area contributed by atoms with E-state index in [0.717, 1.165) is 31.4 Å². The fourth-order valence-electron chi connectivity index (χ4n) is 1.93. The summed E-state index contributed by atoms with van der Waals surface area (Å²) in [5, 5.41) is 12.3. The highest BCUT2D eigenvalue weighted by Crippen LogP contribution is 2.08. The molecule has 1 heterocycles. The number of aryl methyl sites for hydroxylation is 1. The van der Waals surface area contributed by atoms with Crippen LogP contribution in [-0.2, 0) is 11.2 Å². The molecule has 2 N–H and O–H groups in total. The molecule has 18 heavy (non-hydrogen) atoms. The molecule has 0 aliphatic heterocycles. The standard InChI is InChI=1S/C14H23NO3/c1-3-4-7-13(14(16)17)15-11(2)8-9-12-6-5-10-18-12/h5-6,10-11,13,15H,3-4,7-9H2,1-2H3,(H,16,17). The van der Waals surface area contributed by atoms with Gasteiger partial charge in [-0.25, -0.2) is 0 Å². The van der Waals surface area contributed by atoms with Gasteiger partial charge in [-0.1, -0.05) is 19.8 Å². The minimum absolute atomic E-state index is 0.174. The second kappa shape index (κ2) is 7.93. The van der Waals surface area contributed by atoms with Crippen molar-refractivity contribution < 1.29 is 14.3 Å². The number of furan rings is 1. The molecule has 0 aliphatic carbocycles. The van der Waals surface area contributed by atoms with Gasteiger partial charge in [-0.15, -0.1) is 0 Å². The highest BCUT2D eigenvalue weighted by Gasteiger charge is 2.18. The van der Waals surface area contributed by atoms with Gasteiger partial charge >= 0.3 is 5.97 Å². The van der Waals surface area contributed by atoms with Crippen LogP contribution in [0.2, 0.25) is 0 Å². The maximum atomic E-state index is 11.1. The van der Waals surface area contributed by atoms with Crippen LogP contribution in [0.4, 0.5) is 0 Å². The predicted octanol–water partition coefficient (Wildman–Crippen LogP) is 2.83. The topological polar surface area (TPSA) is 62.5 Å². The molecule has 4 heteroatoms. The molecule has 0 aliphatic rings. The number of rotatable bonds is 9. The van der Waals surface area contributed by atoms with Crippen LogP contribution < -0.4 is 5.32 Å². The lowest BCUT2D eigenvalue weighted by Gasteiger charge is -2.19. The summed E-state index contributed by atoms with van der Waals surface area (Å²) >= 11 is 0. The lowest BCUT2D eigenvalue weighted by Crippen LogP contribution is -2.42. The van der Waals surface area contributed by atoms with E-state index < -0.39 is 12.0 Å². The number of carboxylic acids is 1. The Morgan fingerprint density at radius 1 is 1.50 bits per heavy atom. The fourth-order valence-corrected chi connectivity index (χ4v) is 1.93. The van der Waals surface area contributed by atoms with Crippen molar-refractivity contribution in [2.45, 2.75) is 58.0 Å². The van der Waals surface area contributed by atoms with Gasteiger partial charge in [0.2, 0.25) is 0 Å². The first-order valence-electron chi connectivity index (χ1n) is 6.64. The summed E-state index contributed by atoms with van der Waals surface area (Å²) in [4.78, 5) is 11.1. The van der Waals surface area contributed by atoms with Gasteiger partial charge in [0.15, 0.2) is 0 Å². The zero-order chi connectivity index (χ0) is 13.4. The van der Waals surface area contributed by atoms with Crippen molar-refractivity contribution in [1.82, 2.24) is 5.32 Å². The number of carboxylic acid groups (broad SMARTS) is 1. The zero-order valence-electron chi connectivity index (χ0n) is 11.2. The summed E-state index contributed by atoms with van der Waals surface area (Å²) in [6.07, 6.45) is 6.03. The molecule has 0 bridgehead atoms. The highest BCUT2D eigenvalue weighted by atomic mass is 16.4. The Kier molecular flexibility index (Phi) is 6.50. The van der Waals surface area contributed by atoms with E-state index >= 15 is 0 Å². The molecule has 4 nitrogen and oxygen atoms in total. The van der Waals surface area contributed by atoms with E-state index in [1.54, 1.807) is 6.26 Å². The first kappa shape index (κ1) is 14.8. The van der Waals surface area contributed by atoms with Crippen molar-refractivity contribution in [3.05, 3.63) is 24.2 Å². The zero-order valence-corrected chi connectivity index (χ0v) is 11.2. The van der Waals surface area contributed by atoms with Crippen LogP contribution in [0.15, 0.2) is 22.8 Å². The minimum atomic E-state index is -0.756. The van der Waals surface area contributed by atoms with Crippen LogP contribution in [0.25, 0.3) is 0 Å². The monoisotopic (exact) mass is 253 g/mol. The fraction of sp³-hybridized carbons (Fsp3) is 0.643. The van der Waals surface area contributed by atoms with Crippen LogP contribution in [-0.4, -0.2) is 23.2 Å². The molecule has 1 aromatic heterocycles. The lowest BCUT2D eigenvalue weighted by molar-refractivity contribution is -0.139. The van der Waals surface area contributed by atoms with Crippen molar-refractivity contribution in [3.63, 3.8) is 0 Å². The first-order chi connectivity index (χ1) is 8.63. The molecule has 0 saturated heterocycles. The predicted molar refractivity (Wildman–Crippen MR) is 70.6 cm³/mol. The van der Waals surface area contributed by atoms with E-state index in [1.165, 1.54) is 0 Å². The number of nitrogens with one attached hydrogen (secondary N) is 1. The van der Waals surface area contributed by atoms with E-state index in [9.17, 15) is 4.79 Å². The quantitative estimate of drug-likeness (QED) is 0.710. The molecule has 0 aromatic carbocycles. The number of carbonyl (C=O) groups is 1. The van der Waals surface area contributed by atoms with Crippen LogP contribution >= 0.6 is 0 Å². The molecule has 2 atom stereocenters. The molecule has 0 amide bonds. The molecule has 1 aromatic rings. The van der Waals surface area contributed by atoms with Crippen LogP contribution in [0.5, 0.6) is 0 Å². The largest absolute Gasteiger partial charge is 0.480 e. The van der Waals surface area contributed by atoms with Gasteiger partial charge in [-0.05, 0) is 31.9 Å². The van der Waals surface area contributed by atoms with Crippen molar-refractivity contribution in [2.24, 2.45) is 0 Å². The Labute approximate surface area is 108 Å². The van der Waals surface area contributed by atoms with Gasteiger partial charge < -0.3 is 14.8 Å².